The second-order valence-corrected chi connectivity index (χ2v) is 10.8. The van der Waals surface area contributed by atoms with Crippen molar-refractivity contribution in [3.63, 3.8) is 0 Å². The fourth-order valence-corrected chi connectivity index (χ4v) is 5.38. The van der Waals surface area contributed by atoms with Crippen molar-refractivity contribution in [1.82, 2.24) is 0 Å². The van der Waals surface area contributed by atoms with Gasteiger partial charge in [0.15, 0.2) is 0 Å². The number of hydrogen-bond donors (Lipinski definition) is 1. The summed E-state index contributed by atoms with van der Waals surface area (Å²) in [6.45, 7) is 6.50. The lowest BCUT2D eigenvalue weighted by Gasteiger charge is -2.26. The molecule has 1 N–H and O–H groups in total. The van der Waals surface area contributed by atoms with Gasteiger partial charge in [-0.05, 0) is 59.0 Å². The van der Waals surface area contributed by atoms with Crippen LogP contribution < -0.4 is 10.2 Å². The Morgan fingerprint density at radius 1 is 1.03 bits per heavy atom. The number of hydrogen-bond acceptors (Lipinski definition) is 3. The van der Waals surface area contributed by atoms with E-state index in [-0.39, 0.29) is 27.6 Å². The molecule has 0 bridgehead atoms. The summed E-state index contributed by atoms with van der Waals surface area (Å²) < 4.78 is 0. The molecule has 0 aromatic heterocycles. The number of rotatable bonds is 4. The summed E-state index contributed by atoms with van der Waals surface area (Å²) in [5.74, 6) is 0.150. The maximum atomic E-state index is 12.8. The molecule has 3 aromatic rings. The van der Waals surface area contributed by atoms with Crippen LogP contribution in [0.1, 0.15) is 47.6 Å². The van der Waals surface area contributed by atoms with E-state index >= 15 is 0 Å². The van der Waals surface area contributed by atoms with Crippen LogP contribution in [0.2, 0.25) is 10.0 Å². The molecular weight excluding hydrogens is 475 g/mol. The van der Waals surface area contributed by atoms with Gasteiger partial charge in [0.1, 0.15) is 5.37 Å². The minimum atomic E-state index is -0.321. The van der Waals surface area contributed by atoms with Crippen LogP contribution in [0.5, 0.6) is 0 Å². The number of amides is 2. The van der Waals surface area contributed by atoms with Gasteiger partial charge in [0.2, 0.25) is 5.91 Å². The fourth-order valence-electron chi connectivity index (χ4n) is 3.71. The van der Waals surface area contributed by atoms with Crippen molar-refractivity contribution in [3.05, 3.63) is 93.5 Å². The van der Waals surface area contributed by atoms with Gasteiger partial charge < -0.3 is 5.32 Å². The summed E-state index contributed by atoms with van der Waals surface area (Å²) >= 11 is 13.7. The van der Waals surface area contributed by atoms with Crippen molar-refractivity contribution in [2.24, 2.45) is 0 Å². The highest BCUT2D eigenvalue weighted by Gasteiger charge is 2.34. The third-order valence-electron chi connectivity index (χ3n) is 5.48. The second kappa shape index (κ2) is 9.41. The molecule has 3 aromatic carbocycles. The minimum absolute atomic E-state index is 0.0429. The molecule has 4 nitrogen and oxygen atoms in total. The highest BCUT2D eigenvalue weighted by atomic mass is 35.5. The Labute approximate surface area is 208 Å². The molecule has 1 fully saturated rings. The van der Waals surface area contributed by atoms with E-state index in [9.17, 15) is 9.59 Å². The number of thioether (sulfide) groups is 1. The van der Waals surface area contributed by atoms with E-state index < -0.39 is 0 Å². The summed E-state index contributed by atoms with van der Waals surface area (Å²) in [7, 11) is 0. The smallest absolute Gasteiger partial charge is 0.257 e. The molecule has 1 aliphatic heterocycles. The van der Waals surface area contributed by atoms with Crippen LogP contribution in [0.4, 0.5) is 11.4 Å². The predicted molar refractivity (Wildman–Crippen MR) is 139 cm³/mol. The minimum Gasteiger partial charge on any atom is -0.322 e. The van der Waals surface area contributed by atoms with Crippen LogP contribution in [0, 0.1) is 0 Å². The molecule has 1 saturated heterocycles. The molecule has 1 atom stereocenters. The quantitative estimate of drug-likeness (QED) is 0.409. The summed E-state index contributed by atoms with van der Waals surface area (Å²) in [5, 5.41) is 3.48. The monoisotopic (exact) mass is 498 g/mol. The Bertz CT molecular complexity index is 1210. The van der Waals surface area contributed by atoms with E-state index in [1.807, 2.05) is 41.3 Å². The number of nitrogens with zero attached hydrogens (tertiary/aromatic N) is 1. The highest BCUT2D eigenvalue weighted by molar-refractivity contribution is 8.00. The largest absolute Gasteiger partial charge is 0.322 e. The third kappa shape index (κ3) is 5.21. The Kier molecular flexibility index (Phi) is 6.76. The molecule has 1 heterocycles. The average Bonchev–Trinajstić information content (AvgIpc) is 3.14. The molecule has 0 saturated carbocycles. The van der Waals surface area contributed by atoms with Crippen molar-refractivity contribution in [2.75, 3.05) is 16.0 Å². The fraction of sp³-hybridized carbons (Fsp3) is 0.231. The lowest BCUT2D eigenvalue weighted by atomic mass is 9.87. The zero-order chi connectivity index (χ0) is 23.8. The normalized spacial score (nSPS) is 16.2. The number of nitrogens with one attached hydrogen (secondary N) is 1. The first-order chi connectivity index (χ1) is 15.6. The van der Waals surface area contributed by atoms with Crippen molar-refractivity contribution >= 4 is 58.2 Å². The number of anilines is 2. The number of carbonyl (C=O) groups is 2. The van der Waals surface area contributed by atoms with Crippen molar-refractivity contribution in [3.8, 4) is 0 Å². The second-order valence-electron chi connectivity index (χ2n) is 8.93. The van der Waals surface area contributed by atoms with Gasteiger partial charge in [-0.1, -0.05) is 68.2 Å². The van der Waals surface area contributed by atoms with Crippen LogP contribution in [0.3, 0.4) is 0 Å². The lowest BCUT2D eigenvalue weighted by Crippen LogP contribution is -2.28. The van der Waals surface area contributed by atoms with Crippen LogP contribution in [0.15, 0.2) is 66.7 Å². The number of carbonyl (C=O) groups excluding carboxylic acids is 2. The molecule has 0 radical (unpaired) electrons. The molecule has 33 heavy (non-hydrogen) atoms. The lowest BCUT2D eigenvalue weighted by molar-refractivity contribution is -0.115. The highest BCUT2D eigenvalue weighted by Crippen LogP contribution is 2.42. The van der Waals surface area contributed by atoms with Gasteiger partial charge in [0, 0.05) is 16.4 Å². The zero-order valence-electron chi connectivity index (χ0n) is 18.6. The van der Waals surface area contributed by atoms with E-state index in [0.29, 0.717) is 22.0 Å². The molecule has 0 aliphatic carbocycles. The standard InChI is InChI=1S/C26H24Cl2N2O2S/c1-26(2,3)17-7-10-20(11-8-17)30-23(31)15-33-25(30)16-5-4-6-19(13-16)29-24(32)21-12-9-18(27)14-22(21)28/h4-14,25H,15H2,1-3H3,(H,29,32)/t25-/m1/s1. The van der Waals surface area contributed by atoms with Crippen LogP contribution in [-0.2, 0) is 10.2 Å². The van der Waals surface area contributed by atoms with Gasteiger partial charge in [-0.2, -0.15) is 0 Å². The molecule has 7 heteroatoms. The Balaban J connectivity index is 1.58. The summed E-state index contributed by atoms with van der Waals surface area (Å²) in [5.41, 5.74) is 4.04. The van der Waals surface area contributed by atoms with Crippen molar-refractivity contribution < 1.29 is 9.59 Å². The Morgan fingerprint density at radius 3 is 2.42 bits per heavy atom. The first-order valence-electron chi connectivity index (χ1n) is 10.5. The van der Waals surface area contributed by atoms with E-state index in [1.54, 1.807) is 23.9 Å². The summed E-state index contributed by atoms with van der Waals surface area (Å²) in [6.07, 6.45) is 0. The van der Waals surface area contributed by atoms with Crippen LogP contribution in [-0.4, -0.2) is 17.6 Å². The van der Waals surface area contributed by atoms with Gasteiger partial charge in [-0.15, -0.1) is 11.8 Å². The van der Waals surface area contributed by atoms with Crippen molar-refractivity contribution in [2.45, 2.75) is 31.6 Å². The van der Waals surface area contributed by atoms with Gasteiger partial charge >= 0.3 is 0 Å². The van der Waals surface area contributed by atoms with Crippen molar-refractivity contribution in [1.29, 1.82) is 0 Å². The van der Waals surface area contributed by atoms with Crippen LogP contribution >= 0.6 is 35.0 Å². The number of benzene rings is 3. The SMILES string of the molecule is CC(C)(C)c1ccc(N2C(=O)CS[C@@H]2c2cccc(NC(=O)c3ccc(Cl)cc3Cl)c2)cc1. The molecular formula is C26H24Cl2N2O2S. The average molecular weight is 499 g/mol. The van der Waals surface area contributed by atoms with E-state index in [1.165, 1.54) is 11.6 Å². The molecule has 0 unspecified atom stereocenters. The van der Waals surface area contributed by atoms with Gasteiger partial charge in [-0.25, -0.2) is 0 Å². The zero-order valence-corrected chi connectivity index (χ0v) is 20.9. The topological polar surface area (TPSA) is 49.4 Å². The summed E-state index contributed by atoms with van der Waals surface area (Å²) in [4.78, 5) is 27.3. The van der Waals surface area contributed by atoms with Gasteiger partial charge in [0.25, 0.3) is 5.91 Å². The Hall–Kier alpha value is -2.47. The molecule has 4 rings (SSSR count). The third-order valence-corrected chi connectivity index (χ3v) is 7.24. The predicted octanol–water partition coefficient (Wildman–Crippen LogP) is 7.32. The van der Waals surface area contributed by atoms with Gasteiger partial charge in [0.05, 0.1) is 16.3 Å². The first-order valence-corrected chi connectivity index (χ1v) is 12.3. The summed E-state index contributed by atoms with van der Waals surface area (Å²) in [6, 6.07) is 20.5. The maximum absolute atomic E-state index is 12.8. The van der Waals surface area contributed by atoms with Crippen LogP contribution in [0.25, 0.3) is 0 Å². The number of halogens is 2. The van der Waals surface area contributed by atoms with Gasteiger partial charge in [-0.3, -0.25) is 14.5 Å². The first kappa shape index (κ1) is 23.7. The Morgan fingerprint density at radius 2 is 1.76 bits per heavy atom. The van der Waals surface area contributed by atoms with E-state index in [0.717, 1.165) is 11.3 Å². The molecule has 2 amide bonds. The molecule has 1 aliphatic rings. The molecule has 0 spiro atoms. The maximum Gasteiger partial charge on any atom is 0.257 e. The van der Waals surface area contributed by atoms with E-state index in [4.69, 9.17) is 23.2 Å². The molecule has 170 valence electrons. The van der Waals surface area contributed by atoms with E-state index in [2.05, 4.69) is 38.2 Å².